The van der Waals surface area contributed by atoms with E-state index in [2.05, 4.69) is 21.4 Å². The number of hydrogen-bond donors (Lipinski definition) is 1. The molecule has 1 aromatic carbocycles. The van der Waals surface area contributed by atoms with Crippen molar-refractivity contribution in [3.63, 3.8) is 0 Å². The molecule has 4 rings (SSSR count). The van der Waals surface area contributed by atoms with Crippen LogP contribution in [-0.2, 0) is 16.3 Å². The monoisotopic (exact) mass is 444 g/mol. The first kappa shape index (κ1) is 22.0. The molecule has 4 aromatic rings. The lowest BCUT2D eigenvalue weighted by molar-refractivity contribution is -0.156. The van der Waals surface area contributed by atoms with Gasteiger partial charge in [-0.1, -0.05) is 12.1 Å². The Morgan fingerprint density at radius 1 is 1.27 bits per heavy atom. The van der Waals surface area contributed by atoms with Crippen LogP contribution in [0.3, 0.4) is 0 Å². The van der Waals surface area contributed by atoms with Gasteiger partial charge in [0.1, 0.15) is 5.75 Å². The van der Waals surface area contributed by atoms with Crippen molar-refractivity contribution >= 4 is 17.0 Å². The Hall–Kier alpha value is -4.19. The van der Waals surface area contributed by atoms with Crippen LogP contribution in [-0.4, -0.2) is 35.6 Å². The van der Waals surface area contributed by atoms with Gasteiger partial charge in [0.15, 0.2) is 12.4 Å². The summed E-state index contributed by atoms with van der Waals surface area (Å²) in [5, 5.41) is 32.8. The molecule has 0 aliphatic carbocycles. The molecule has 3 aromatic heterocycles. The lowest BCUT2D eigenvalue weighted by atomic mass is 9.98. The fourth-order valence-corrected chi connectivity index (χ4v) is 3.51. The SMILES string of the molecule is CC(C)(C)C(=O)OCn1ccc2c(-c3cnn(C(CC#N)c4cccc(O)c4)c3)cnnc21. The van der Waals surface area contributed by atoms with Crippen LogP contribution in [0.25, 0.3) is 22.2 Å². The second kappa shape index (κ2) is 8.74. The van der Waals surface area contributed by atoms with E-state index in [0.717, 1.165) is 22.1 Å². The van der Waals surface area contributed by atoms with E-state index in [4.69, 9.17) is 4.74 Å². The minimum atomic E-state index is -0.593. The molecule has 9 heteroatoms. The van der Waals surface area contributed by atoms with Crippen LogP contribution in [0.5, 0.6) is 5.75 Å². The number of carbonyl (C=O) groups is 1. The van der Waals surface area contributed by atoms with E-state index in [1.807, 2.05) is 18.3 Å². The Morgan fingerprint density at radius 2 is 2.09 bits per heavy atom. The van der Waals surface area contributed by atoms with E-state index >= 15 is 0 Å². The smallest absolute Gasteiger partial charge is 0.312 e. The predicted octanol–water partition coefficient (Wildman–Crippen LogP) is 4.05. The summed E-state index contributed by atoms with van der Waals surface area (Å²) in [6.45, 7) is 5.44. The second-order valence-corrected chi connectivity index (χ2v) is 8.77. The number of fused-ring (bicyclic) bond motifs is 1. The number of benzene rings is 1. The number of aromatic hydroxyl groups is 1. The number of carbonyl (C=O) groups excluding carboxylic acids is 1. The first-order chi connectivity index (χ1) is 15.8. The molecular weight excluding hydrogens is 420 g/mol. The molecule has 0 bridgehead atoms. The third kappa shape index (κ3) is 4.55. The number of phenolic OH excluding ortho intramolecular Hbond substituents is 1. The van der Waals surface area contributed by atoms with Gasteiger partial charge >= 0.3 is 5.97 Å². The Balaban J connectivity index is 1.65. The van der Waals surface area contributed by atoms with Crippen LogP contribution >= 0.6 is 0 Å². The van der Waals surface area contributed by atoms with Crippen molar-refractivity contribution in [3.8, 4) is 22.9 Å². The van der Waals surface area contributed by atoms with E-state index in [9.17, 15) is 15.2 Å². The molecule has 1 atom stereocenters. The standard InChI is InChI=1S/C24H24N6O3/c1-24(2,3)23(32)33-15-29-10-8-19-20(13-26-28-22(19)29)17-12-27-30(14-17)21(7-9-25)16-5-4-6-18(31)11-16/h4-6,8,10-14,21,31H,7,15H2,1-3H3. The van der Waals surface area contributed by atoms with Gasteiger partial charge in [0.25, 0.3) is 0 Å². The molecule has 0 aliphatic rings. The molecule has 0 amide bonds. The highest BCUT2D eigenvalue weighted by atomic mass is 16.5. The number of phenols is 1. The van der Waals surface area contributed by atoms with E-state index in [-0.39, 0.29) is 30.9 Å². The van der Waals surface area contributed by atoms with Gasteiger partial charge in [-0.3, -0.25) is 14.0 Å². The van der Waals surface area contributed by atoms with Gasteiger partial charge in [-0.25, -0.2) is 0 Å². The summed E-state index contributed by atoms with van der Waals surface area (Å²) in [5.74, 6) is -0.165. The first-order valence-corrected chi connectivity index (χ1v) is 10.5. The molecule has 3 heterocycles. The number of aromatic nitrogens is 5. The molecule has 0 saturated carbocycles. The zero-order valence-corrected chi connectivity index (χ0v) is 18.6. The molecule has 0 saturated heterocycles. The summed E-state index contributed by atoms with van der Waals surface area (Å²) >= 11 is 0. The Morgan fingerprint density at radius 3 is 2.82 bits per heavy atom. The molecule has 33 heavy (non-hydrogen) atoms. The summed E-state index contributed by atoms with van der Waals surface area (Å²) < 4.78 is 8.85. The highest BCUT2D eigenvalue weighted by Gasteiger charge is 2.23. The van der Waals surface area contributed by atoms with Crippen molar-refractivity contribution in [1.82, 2.24) is 24.5 Å². The van der Waals surface area contributed by atoms with Gasteiger partial charge in [-0.05, 0) is 44.5 Å². The fraction of sp³-hybridized carbons (Fsp3) is 0.292. The number of esters is 1. The lowest BCUT2D eigenvalue weighted by Gasteiger charge is -2.16. The molecule has 168 valence electrons. The third-order valence-electron chi connectivity index (χ3n) is 5.28. The second-order valence-electron chi connectivity index (χ2n) is 8.77. The fourth-order valence-electron chi connectivity index (χ4n) is 3.51. The van der Waals surface area contributed by atoms with Crippen molar-refractivity contribution in [2.45, 2.75) is 40.0 Å². The molecule has 1 unspecified atom stereocenters. The summed E-state index contributed by atoms with van der Waals surface area (Å²) in [6, 6.07) is 10.6. The summed E-state index contributed by atoms with van der Waals surface area (Å²) in [7, 11) is 0. The molecule has 9 nitrogen and oxygen atoms in total. The van der Waals surface area contributed by atoms with Crippen molar-refractivity contribution in [3.05, 3.63) is 60.7 Å². The van der Waals surface area contributed by atoms with Crippen LogP contribution < -0.4 is 0 Å². The topological polar surface area (TPSA) is 119 Å². The van der Waals surface area contributed by atoms with Crippen molar-refractivity contribution in [1.29, 1.82) is 5.26 Å². The normalized spacial score (nSPS) is 12.4. The van der Waals surface area contributed by atoms with E-state index in [1.165, 1.54) is 0 Å². The molecular formula is C24H24N6O3. The molecule has 0 aliphatic heterocycles. The Bertz CT molecular complexity index is 1340. The highest BCUT2D eigenvalue weighted by molar-refractivity contribution is 5.92. The largest absolute Gasteiger partial charge is 0.508 e. The van der Waals surface area contributed by atoms with E-state index in [1.54, 1.807) is 66.8 Å². The van der Waals surface area contributed by atoms with E-state index in [0.29, 0.717) is 5.65 Å². The maximum Gasteiger partial charge on any atom is 0.312 e. The number of hydrogen-bond acceptors (Lipinski definition) is 7. The lowest BCUT2D eigenvalue weighted by Crippen LogP contribution is -2.23. The van der Waals surface area contributed by atoms with Crippen molar-refractivity contribution in [2.24, 2.45) is 5.41 Å². The molecule has 0 radical (unpaired) electrons. The average Bonchev–Trinajstić information content (AvgIpc) is 3.42. The minimum Gasteiger partial charge on any atom is -0.508 e. The summed E-state index contributed by atoms with van der Waals surface area (Å²) in [5.41, 5.74) is 2.41. The van der Waals surface area contributed by atoms with Gasteiger partial charge in [0, 0.05) is 28.9 Å². The quantitative estimate of drug-likeness (QED) is 0.446. The Kier molecular flexibility index (Phi) is 5.84. The van der Waals surface area contributed by atoms with Crippen molar-refractivity contribution < 1.29 is 14.6 Å². The van der Waals surface area contributed by atoms with Crippen LogP contribution in [0.2, 0.25) is 0 Å². The van der Waals surface area contributed by atoms with Gasteiger partial charge in [0.05, 0.1) is 36.3 Å². The maximum atomic E-state index is 12.1. The zero-order chi connectivity index (χ0) is 23.6. The minimum absolute atomic E-state index is 0.0404. The van der Waals surface area contributed by atoms with Gasteiger partial charge in [-0.2, -0.15) is 15.5 Å². The third-order valence-corrected chi connectivity index (χ3v) is 5.28. The predicted molar refractivity (Wildman–Crippen MR) is 121 cm³/mol. The van der Waals surface area contributed by atoms with Crippen LogP contribution in [0.4, 0.5) is 0 Å². The van der Waals surface area contributed by atoms with E-state index < -0.39 is 5.41 Å². The Labute approximate surface area is 190 Å². The number of nitrogens with zero attached hydrogens (tertiary/aromatic N) is 6. The maximum absolute atomic E-state index is 12.1. The molecule has 1 N–H and O–H groups in total. The molecule has 0 spiro atoms. The number of ether oxygens (including phenoxy) is 1. The van der Waals surface area contributed by atoms with Crippen LogP contribution in [0.1, 0.15) is 38.8 Å². The average molecular weight is 444 g/mol. The van der Waals surface area contributed by atoms with Crippen LogP contribution in [0.15, 0.2) is 55.1 Å². The van der Waals surface area contributed by atoms with Crippen molar-refractivity contribution in [2.75, 3.05) is 0 Å². The van der Waals surface area contributed by atoms with Gasteiger partial charge in [0.2, 0.25) is 0 Å². The van der Waals surface area contributed by atoms with Crippen LogP contribution in [0, 0.1) is 16.7 Å². The van der Waals surface area contributed by atoms with Gasteiger partial charge in [-0.15, -0.1) is 5.10 Å². The highest BCUT2D eigenvalue weighted by Crippen LogP contribution is 2.30. The number of rotatable bonds is 6. The number of nitriles is 1. The molecule has 0 fully saturated rings. The summed E-state index contributed by atoms with van der Waals surface area (Å²) in [6.07, 6.45) is 7.21. The van der Waals surface area contributed by atoms with Gasteiger partial charge < -0.3 is 9.84 Å². The zero-order valence-electron chi connectivity index (χ0n) is 18.6. The summed E-state index contributed by atoms with van der Waals surface area (Å²) in [4.78, 5) is 12.1. The first-order valence-electron chi connectivity index (χ1n) is 10.5.